The third kappa shape index (κ3) is 16.3. The number of nitrogens with one attached hydrogen (secondary N) is 2. The molecule has 0 saturated heterocycles. The van der Waals surface area contributed by atoms with Gasteiger partial charge in [-0.05, 0) is 253 Å². The molecule has 9 rings (SSSR count). The summed E-state index contributed by atoms with van der Waals surface area (Å²) in [5.74, 6) is 0.830. The number of benzene rings is 3. The number of hydrogen-bond acceptors (Lipinski definition) is 14. The van der Waals surface area contributed by atoms with Gasteiger partial charge in [-0.2, -0.15) is 0 Å². The van der Waals surface area contributed by atoms with Gasteiger partial charge in [-0.25, -0.2) is 45.0 Å². The van der Waals surface area contributed by atoms with Gasteiger partial charge in [-0.1, -0.05) is 42.5 Å². The van der Waals surface area contributed by atoms with E-state index >= 15 is 0 Å². The number of alkyl carbamates (subject to hydrolysis) is 1. The molecule has 0 bridgehead atoms. The molecule has 4 aliphatic rings. The molecule has 19 nitrogen and oxygen atoms in total. The Labute approximate surface area is 532 Å². The van der Waals surface area contributed by atoms with Crippen molar-refractivity contribution in [3.63, 3.8) is 0 Å². The zero-order valence-electron chi connectivity index (χ0n) is 54.9. The van der Waals surface area contributed by atoms with E-state index in [1.165, 1.54) is 8.61 Å². The number of carboxylic acids is 1. The minimum absolute atomic E-state index is 0.0230. The summed E-state index contributed by atoms with van der Waals surface area (Å²) in [6.45, 7) is 25.4. The van der Waals surface area contributed by atoms with Crippen LogP contribution in [0.1, 0.15) is 185 Å². The number of aryl methyl sites for hydroxylation is 4. The number of hydrogen-bond donors (Lipinski definition) is 3. The maximum absolute atomic E-state index is 14.5. The minimum atomic E-state index is -3.93. The summed E-state index contributed by atoms with van der Waals surface area (Å²) in [7, 11) is -7.77. The Bertz CT molecular complexity index is 3750. The highest BCUT2D eigenvalue weighted by Crippen LogP contribution is 2.46. The number of aromatic nitrogens is 2. The number of rotatable bonds is 20. The van der Waals surface area contributed by atoms with Gasteiger partial charge < -0.3 is 34.7 Å². The maximum atomic E-state index is 14.5. The van der Waals surface area contributed by atoms with E-state index in [1.807, 2.05) is 96.1 Å². The number of carboxylic acid groups (broad SMARTS) is 1. The number of esters is 1. The van der Waals surface area contributed by atoms with Crippen molar-refractivity contribution in [1.82, 2.24) is 20.6 Å². The van der Waals surface area contributed by atoms with Gasteiger partial charge in [0.05, 0.1) is 9.79 Å². The molecule has 0 radical (unpaired) electrons. The molecule has 0 saturated carbocycles. The summed E-state index contributed by atoms with van der Waals surface area (Å²) in [5, 5.41) is 14.1. The van der Waals surface area contributed by atoms with Gasteiger partial charge in [0.25, 0.3) is 20.0 Å². The fourth-order valence-electron chi connectivity index (χ4n) is 12.3. The lowest BCUT2D eigenvalue weighted by molar-refractivity contribution is -0.157. The second-order valence-electron chi connectivity index (χ2n) is 26.6. The highest BCUT2D eigenvalue weighted by Gasteiger charge is 2.40. The normalized spacial score (nSPS) is 16.1. The molecule has 1 atom stereocenters. The first-order valence-electron chi connectivity index (χ1n) is 31.6. The number of anilines is 2. The number of aliphatic carboxylic acids is 1. The fourth-order valence-corrected chi connectivity index (χ4v) is 16.3. The Balaban J connectivity index is 0.000000256. The summed E-state index contributed by atoms with van der Waals surface area (Å²) in [6.07, 6.45) is 9.24. The molecule has 3 aromatic carbocycles. The van der Waals surface area contributed by atoms with Crippen molar-refractivity contribution in [2.75, 3.05) is 28.2 Å². The molecular formula is C69H92N6O13S2. The van der Waals surface area contributed by atoms with Gasteiger partial charge in [0, 0.05) is 43.9 Å². The Morgan fingerprint density at radius 3 is 1.56 bits per heavy atom. The highest BCUT2D eigenvalue weighted by atomic mass is 32.2. The van der Waals surface area contributed by atoms with Crippen LogP contribution in [0.2, 0.25) is 0 Å². The average Bonchev–Trinajstić information content (AvgIpc) is 0.795. The average molecular weight is 1280 g/mol. The standard InChI is InChI=1S/C42H56N4O8S.C27H36N2O5S/c1-27-28(2)37(29(3)33-22-23-42(7,8)53-36(27)33)55(50,51)46-24-14-17-31-20-21-32(44-38(31)46)18-12-13-19-35(47)43-25-34(39(48)54-41(4,5)6)45-40(49)52-26-30-15-10-9-11-16-30;1-17-18(2)25(19(3)22-14-15-27(4,5)34-24(17)22)35(32,33)29-16-8-9-20-12-13-21(28-26(20)29)10-6-7-11-23(30)31/h9-11,15-16,20-21,34H,12-14,17-19,22-26H2,1-8H3,(H,43,47)(H,45,49);12-13H,6-11,14-16H2,1-5H3,(H,30,31)/t34-;/m0./s1. The second kappa shape index (κ2) is 28.1. The molecule has 0 unspecified atom stereocenters. The zero-order valence-corrected chi connectivity index (χ0v) is 56.5. The summed E-state index contributed by atoms with van der Waals surface area (Å²) < 4.78 is 83.8. The first kappa shape index (κ1) is 68.6. The van der Waals surface area contributed by atoms with Crippen LogP contribution in [-0.2, 0) is 89.0 Å². The van der Waals surface area contributed by atoms with E-state index in [-0.39, 0.29) is 43.1 Å². The van der Waals surface area contributed by atoms with E-state index < -0.39 is 49.7 Å². The third-order valence-corrected chi connectivity index (χ3v) is 21.5. The molecule has 488 valence electrons. The van der Waals surface area contributed by atoms with Gasteiger partial charge >= 0.3 is 18.0 Å². The highest BCUT2D eigenvalue weighted by molar-refractivity contribution is 7.93. The lowest BCUT2D eigenvalue weighted by atomic mass is 9.88. The van der Waals surface area contributed by atoms with Gasteiger partial charge in [0.2, 0.25) is 5.91 Å². The molecule has 3 N–H and O–H groups in total. The maximum Gasteiger partial charge on any atom is 0.408 e. The SMILES string of the molecule is Cc1c(C)c(S(=O)(=O)N2CCCc3ccc(CCCCC(=O)NC[C@H](NC(=O)OCc4ccccc4)C(=O)OC(C)(C)C)nc32)c(C)c2c1OC(C)(C)CC2.Cc1c(C)c(S(=O)(=O)N2CCCc3ccc(CCCCC(=O)O)nc32)c(C)c2c1OC(C)(C)CC2. The fraction of sp³-hybridized carbons (Fsp3) is 0.536. The van der Waals surface area contributed by atoms with E-state index in [4.69, 9.17) is 34.0 Å². The summed E-state index contributed by atoms with van der Waals surface area (Å²) in [6, 6.07) is 15.8. The Kier molecular flexibility index (Phi) is 21.4. The van der Waals surface area contributed by atoms with Crippen molar-refractivity contribution < 1.29 is 60.1 Å². The number of ether oxygens (including phenoxy) is 4. The molecule has 2 aromatic heterocycles. The molecule has 2 amide bonds. The van der Waals surface area contributed by atoms with Crippen LogP contribution in [0, 0.1) is 41.5 Å². The van der Waals surface area contributed by atoms with Crippen molar-refractivity contribution in [1.29, 1.82) is 0 Å². The van der Waals surface area contributed by atoms with Crippen LogP contribution in [-0.4, -0.2) is 98.3 Å². The summed E-state index contributed by atoms with van der Waals surface area (Å²) in [4.78, 5) is 59.4. The second-order valence-corrected chi connectivity index (χ2v) is 30.2. The predicted octanol–water partition coefficient (Wildman–Crippen LogP) is 11.8. The molecule has 21 heteroatoms. The molecule has 4 aliphatic heterocycles. The van der Waals surface area contributed by atoms with Crippen LogP contribution in [0.3, 0.4) is 0 Å². The molecule has 0 spiro atoms. The van der Waals surface area contributed by atoms with Crippen LogP contribution >= 0.6 is 0 Å². The molecule has 0 aliphatic carbocycles. The Hall–Kier alpha value is -7.26. The number of sulfonamides is 2. The van der Waals surface area contributed by atoms with Crippen LogP contribution in [0.5, 0.6) is 11.5 Å². The van der Waals surface area contributed by atoms with Crippen LogP contribution in [0.4, 0.5) is 16.4 Å². The van der Waals surface area contributed by atoms with Gasteiger partial charge in [0.1, 0.15) is 52.6 Å². The first-order chi connectivity index (χ1) is 42.3. The summed E-state index contributed by atoms with van der Waals surface area (Å²) in [5.41, 5.74) is 9.41. The zero-order chi connectivity index (χ0) is 65.7. The Morgan fingerprint density at radius 2 is 1.10 bits per heavy atom. The largest absolute Gasteiger partial charge is 0.487 e. The van der Waals surface area contributed by atoms with Gasteiger partial charge in [-0.3, -0.25) is 9.59 Å². The monoisotopic (exact) mass is 1280 g/mol. The van der Waals surface area contributed by atoms with E-state index in [9.17, 15) is 36.0 Å². The predicted molar refractivity (Wildman–Crippen MR) is 347 cm³/mol. The minimum Gasteiger partial charge on any atom is -0.487 e. The van der Waals surface area contributed by atoms with E-state index in [0.717, 1.165) is 123 Å². The number of pyridine rings is 2. The van der Waals surface area contributed by atoms with E-state index in [1.54, 1.807) is 20.8 Å². The number of amides is 2. The smallest absolute Gasteiger partial charge is 0.408 e. The number of carbonyl (C=O) groups is 4. The number of nitrogens with zero attached hydrogens (tertiary/aromatic N) is 4. The van der Waals surface area contributed by atoms with Gasteiger partial charge in [0.15, 0.2) is 0 Å². The lowest BCUT2D eigenvalue weighted by Crippen LogP contribution is -2.50. The quantitative estimate of drug-likeness (QED) is 0.0484. The lowest BCUT2D eigenvalue weighted by Gasteiger charge is -2.37. The molecule has 6 heterocycles. The van der Waals surface area contributed by atoms with Crippen LogP contribution in [0.15, 0.2) is 64.4 Å². The van der Waals surface area contributed by atoms with Crippen molar-refractivity contribution in [3.8, 4) is 11.5 Å². The van der Waals surface area contributed by atoms with E-state index in [2.05, 4.69) is 38.3 Å². The third-order valence-electron chi connectivity index (χ3n) is 17.4. The molecule has 90 heavy (non-hydrogen) atoms. The molecule has 5 aromatic rings. The Morgan fingerprint density at radius 1 is 0.633 bits per heavy atom. The number of fused-ring (bicyclic) bond motifs is 4. The number of carbonyl (C=O) groups excluding carboxylic acids is 3. The van der Waals surface area contributed by atoms with E-state index in [0.29, 0.717) is 85.0 Å². The molecular weight excluding hydrogens is 1180 g/mol. The number of unbranched alkanes of at least 4 members (excludes halogenated alkanes) is 2. The van der Waals surface area contributed by atoms with Crippen LogP contribution in [0.25, 0.3) is 0 Å². The van der Waals surface area contributed by atoms with Crippen molar-refractivity contribution in [3.05, 3.63) is 127 Å². The van der Waals surface area contributed by atoms with Crippen molar-refractivity contribution in [2.24, 2.45) is 0 Å². The van der Waals surface area contributed by atoms with Crippen LogP contribution < -0.4 is 28.7 Å². The first-order valence-corrected chi connectivity index (χ1v) is 34.5. The van der Waals surface area contributed by atoms with Crippen molar-refractivity contribution in [2.45, 2.75) is 232 Å². The summed E-state index contributed by atoms with van der Waals surface area (Å²) >= 11 is 0. The molecule has 0 fully saturated rings. The van der Waals surface area contributed by atoms with Crippen molar-refractivity contribution >= 4 is 55.6 Å². The van der Waals surface area contributed by atoms with Gasteiger partial charge in [-0.15, -0.1) is 0 Å². The topological polar surface area (TPSA) is 250 Å².